The van der Waals surface area contributed by atoms with E-state index < -0.39 is 40.7 Å². The highest BCUT2D eigenvalue weighted by Crippen LogP contribution is 2.80. The van der Waals surface area contributed by atoms with Gasteiger partial charge in [0, 0.05) is 94.8 Å². The molecule has 7 bridgehead atoms. The van der Waals surface area contributed by atoms with Crippen LogP contribution in [0.25, 0.3) is 0 Å². The normalized spacial score (nSPS) is 36.8. The summed E-state index contributed by atoms with van der Waals surface area (Å²) in [7, 11) is 10.1. The molecule has 1 aliphatic heterocycles. The van der Waals surface area contributed by atoms with E-state index in [1.54, 1.807) is 60.9 Å². The molecule has 1 heterocycles. The maximum absolute atomic E-state index is 14.6. The molecule has 1 spiro atoms. The van der Waals surface area contributed by atoms with E-state index in [0.29, 0.717) is 55.9 Å². The third-order valence-electron chi connectivity index (χ3n) is 17.6. The van der Waals surface area contributed by atoms with Crippen LogP contribution < -0.4 is 9.47 Å². The monoisotopic (exact) mass is 898 g/mol. The van der Waals surface area contributed by atoms with Crippen molar-refractivity contribution in [3.8, 4) is 11.5 Å². The molecular formula is C52H83NO11. The Bertz CT molecular complexity index is 1690. The lowest BCUT2D eigenvalue weighted by molar-refractivity contribution is -0.297. The topological polar surface area (TPSA) is 131 Å². The lowest BCUT2D eigenvalue weighted by Crippen LogP contribution is -2.79. The summed E-state index contributed by atoms with van der Waals surface area (Å²) >= 11 is 0. The van der Waals surface area contributed by atoms with Crippen molar-refractivity contribution in [3.05, 3.63) is 23.8 Å². The molecule has 5 saturated carbocycles. The van der Waals surface area contributed by atoms with Gasteiger partial charge in [-0.15, -0.1) is 0 Å². The van der Waals surface area contributed by atoms with Gasteiger partial charge in [0.05, 0.1) is 50.8 Å². The number of carbonyl (C=O) groups is 2. The number of benzene rings is 1. The van der Waals surface area contributed by atoms with Gasteiger partial charge in [0.15, 0.2) is 11.5 Å². The van der Waals surface area contributed by atoms with Gasteiger partial charge >= 0.3 is 11.9 Å². The molecule has 1 aromatic rings. The summed E-state index contributed by atoms with van der Waals surface area (Å²) in [6.45, 7) is 6.18. The Hall–Kier alpha value is -2.48. The van der Waals surface area contributed by atoms with Crippen molar-refractivity contribution in [1.82, 2.24) is 4.90 Å². The van der Waals surface area contributed by atoms with Crippen molar-refractivity contribution in [2.75, 3.05) is 62.4 Å². The first-order valence-corrected chi connectivity index (χ1v) is 25.3. The van der Waals surface area contributed by atoms with Crippen LogP contribution in [0.3, 0.4) is 0 Å². The maximum atomic E-state index is 14.6. The quantitative estimate of drug-likeness (QED) is 0.0669. The van der Waals surface area contributed by atoms with Gasteiger partial charge in [-0.25, -0.2) is 4.79 Å². The number of hydrogen-bond donors (Lipinski definition) is 1. The number of fused-ring (bicyclic) bond motifs is 2. The van der Waals surface area contributed by atoms with Crippen LogP contribution in [0.2, 0.25) is 0 Å². The second-order valence-electron chi connectivity index (χ2n) is 20.4. The molecule has 5 aliphatic carbocycles. The molecule has 12 heteroatoms. The van der Waals surface area contributed by atoms with Crippen molar-refractivity contribution in [1.29, 1.82) is 0 Å². The molecule has 7 rings (SSSR count). The molecule has 1 aromatic carbocycles. The molecule has 362 valence electrons. The van der Waals surface area contributed by atoms with Crippen LogP contribution in [-0.2, 0) is 33.2 Å². The summed E-state index contributed by atoms with van der Waals surface area (Å²) in [5.74, 6) is -0.828. The standard InChI is InChI=1S/C52H83NO11/c1-9-11-12-13-14-15-16-17-18-19-20-21-22-23-24-25-42(55)64-51-31-39(60-6)35-29-36(43(51)45(35)63-49(56)34-26-27-37(58-4)38(28-34)59-5)52-41(61-7)30-40(54)50(33-57-3)32-53(10-2)48(52)44(51)46(62-8)47(50)52/h26-28,35-36,39-41,43-48,54H,9-25,29-33H2,1-8H3/t35-,36-,39+,40-,41+,43-,44+,45+,46+,47-,48?,50+,51-,52+/m1/s1. The average molecular weight is 898 g/mol. The number of piperidine rings is 1. The third kappa shape index (κ3) is 8.54. The Kier molecular flexibility index (Phi) is 16.7. The largest absolute Gasteiger partial charge is 0.493 e. The smallest absolute Gasteiger partial charge is 0.338 e. The highest BCUT2D eigenvalue weighted by atomic mass is 16.6. The van der Waals surface area contributed by atoms with Gasteiger partial charge in [0.2, 0.25) is 0 Å². The second-order valence-corrected chi connectivity index (χ2v) is 20.4. The molecule has 14 atom stereocenters. The summed E-state index contributed by atoms with van der Waals surface area (Å²) in [4.78, 5) is 31.6. The van der Waals surface area contributed by atoms with Gasteiger partial charge in [0.25, 0.3) is 0 Å². The number of nitrogens with zero attached hydrogens (tertiary/aromatic N) is 1. The Morgan fingerprint density at radius 1 is 0.750 bits per heavy atom. The van der Waals surface area contributed by atoms with Gasteiger partial charge in [-0.3, -0.25) is 9.69 Å². The molecular weight excluding hydrogens is 815 g/mol. The van der Waals surface area contributed by atoms with Crippen LogP contribution in [0.5, 0.6) is 11.5 Å². The molecule has 0 aromatic heterocycles. The number of methoxy groups -OCH3 is 6. The molecule has 6 fully saturated rings. The Balaban J connectivity index is 1.15. The van der Waals surface area contributed by atoms with Crippen molar-refractivity contribution in [2.24, 2.45) is 40.4 Å². The molecule has 6 aliphatic rings. The minimum Gasteiger partial charge on any atom is -0.493 e. The van der Waals surface area contributed by atoms with Gasteiger partial charge < -0.3 is 43.0 Å². The zero-order valence-electron chi connectivity index (χ0n) is 40.6. The Morgan fingerprint density at radius 3 is 1.95 bits per heavy atom. The number of rotatable bonds is 27. The van der Waals surface area contributed by atoms with E-state index in [9.17, 15) is 14.7 Å². The van der Waals surface area contributed by atoms with E-state index in [4.69, 9.17) is 37.9 Å². The van der Waals surface area contributed by atoms with E-state index in [-0.39, 0.29) is 53.8 Å². The highest BCUT2D eigenvalue weighted by Gasteiger charge is 2.89. The molecule has 1 unspecified atom stereocenters. The van der Waals surface area contributed by atoms with Crippen molar-refractivity contribution in [3.63, 3.8) is 0 Å². The molecule has 64 heavy (non-hydrogen) atoms. The van der Waals surface area contributed by atoms with E-state index in [1.165, 1.54) is 77.0 Å². The van der Waals surface area contributed by atoms with E-state index in [2.05, 4.69) is 18.7 Å². The number of unbranched alkanes of at least 4 members (excludes halogenated alkanes) is 14. The van der Waals surface area contributed by atoms with Crippen LogP contribution in [0, 0.1) is 40.4 Å². The van der Waals surface area contributed by atoms with E-state index >= 15 is 0 Å². The van der Waals surface area contributed by atoms with Crippen LogP contribution in [0.1, 0.15) is 146 Å². The Labute approximate surface area is 384 Å². The van der Waals surface area contributed by atoms with Crippen molar-refractivity contribution in [2.45, 2.75) is 178 Å². The van der Waals surface area contributed by atoms with Gasteiger partial charge in [-0.1, -0.05) is 104 Å². The van der Waals surface area contributed by atoms with Crippen LogP contribution in [-0.4, -0.2) is 126 Å². The van der Waals surface area contributed by atoms with Crippen molar-refractivity contribution < 1.29 is 52.6 Å². The number of carbonyl (C=O) groups excluding carboxylic acids is 2. The first kappa shape index (κ1) is 49.4. The fourth-order valence-corrected chi connectivity index (χ4v) is 15.3. The highest BCUT2D eigenvalue weighted by molar-refractivity contribution is 5.90. The van der Waals surface area contributed by atoms with E-state index in [1.807, 2.05) is 0 Å². The molecule has 1 saturated heterocycles. The fraction of sp³-hybridized carbons (Fsp3) is 0.846. The van der Waals surface area contributed by atoms with Crippen LogP contribution >= 0.6 is 0 Å². The molecule has 0 amide bonds. The van der Waals surface area contributed by atoms with Crippen LogP contribution in [0.15, 0.2) is 18.2 Å². The fourth-order valence-electron chi connectivity index (χ4n) is 15.3. The molecule has 0 radical (unpaired) electrons. The van der Waals surface area contributed by atoms with Crippen LogP contribution in [0.4, 0.5) is 0 Å². The average Bonchev–Trinajstić information content (AvgIpc) is 3.73. The number of hydrogen-bond acceptors (Lipinski definition) is 12. The predicted octanol–water partition coefficient (Wildman–Crippen LogP) is 8.82. The maximum Gasteiger partial charge on any atom is 0.338 e. The third-order valence-corrected chi connectivity index (χ3v) is 17.6. The number of aliphatic hydroxyl groups is 1. The second kappa shape index (κ2) is 21.6. The number of esters is 2. The van der Waals surface area contributed by atoms with Gasteiger partial charge in [-0.05, 0) is 43.5 Å². The lowest BCUT2D eigenvalue weighted by atomic mass is 9.42. The SMILES string of the molecule is CCCCCCCCCCCCCCCCCC(=O)O[C@]12C[C@H](OC)[C@H]3C[C@H]([C@@H]1[C@H]3OC(=O)c1ccc(OC)c(OC)c1)[C@@]13C4[C@@H]2[C@H](OC)[C@@H]1[C@](COC)(CN4CC)[C@H](O)C[C@@H]3OC. The van der Waals surface area contributed by atoms with E-state index in [0.717, 1.165) is 25.8 Å². The van der Waals surface area contributed by atoms with Gasteiger partial charge in [0.1, 0.15) is 11.7 Å². The first-order chi connectivity index (χ1) is 31.1. The van der Waals surface area contributed by atoms with Gasteiger partial charge in [-0.2, -0.15) is 0 Å². The molecule has 1 N–H and O–H groups in total. The minimum atomic E-state index is -1.08. The molecule has 12 nitrogen and oxygen atoms in total. The summed E-state index contributed by atoms with van der Waals surface area (Å²) in [5, 5.41) is 12.3. The predicted molar refractivity (Wildman–Crippen MR) is 245 cm³/mol. The van der Waals surface area contributed by atoms with Crippen molar-refractivity contribution >= 4 is 11.9 Å². The zero-order valence-corrected chi connectivity index (χ0v) is 40.6. The lowest BCUT2D eigenvalue weighted by Gasteiger charge is -2.70. The summed E-state index contributed by atoms with van der Waals surface area (Å²) in [5.41, 5.74) is -1.91. The number of aliphatic hydroxyl groups excluding tert-OH is 1. The summed E-state index contributed by atoms with van der Waals surface area (Å²) in [6, 6.07) is 4.99. The first-order valence-electron chi connectivity index (χ1n) is 25.3. The minimum absolute atomic E-state index is 0.0775. The summed E-state index contributed by atoms with van der Waals surface area (Å²) in [6.07, 6.45) is 18.4. The summed E-state index contributed by atoms with van der Waals surface area (Å²) < 4.78 is 50.9. The number of ether oxygens (including phenoxy) is 8. The Morgan fingerprint density at radius 2 is 1.39 bits per heavy atom. The number of likely N-dealkylation sites (tertiary alicyclic amines) is 1. The zero-order chi connectivity index (χ0) is 45.6.